The first kappa shape index (κ1) is 25.5. The van der Waals surface area contributed by atoms with Gasteiger partial charge in [-0.1, -0.05) is 69.7 Å². The average molecular weight is 471 g/mol. The molecule has 180 valence electrons. The normalized spacial score (nSPS) is 14.1. The van der Waals surface area contributed by atoms with Crippen LogP contribution in [0.3, 0.4) is 0 Å². The number of carbonyl (C=O) groups is 1. The zero-order valence-corrected chi connectivity index (χ0v) is 21.3. The van der Waals surface area contributed by atoms with E-state index in [1.54, 1.807) is 0 Å². The lowest BCUT2D eigenvalue weighted by Gasteiger charge is -2.36. The summed E-state index contributed by atoms with van der Waals surface area (Å²) < 4.78 is 0. The van der Waals surface area contributed by atoms with Crippen molar-refractivity contribution < 1.29 is 4.79 Å². The number of hydrogen-bond acceptors (Lipinski definition) is 4. The lowest BCUT2D eigenvalue weighted by atomic mass is 10.0. The lowest BCUT2D eigenvalue weighted by Crippen LogP contribution is -2.49. The minimum absolute atomic E-state index is 0.305. The quantitative estimate of drug-likeness (QED) is 0.378. The number of nitrogens with zero attached hydrogens (tertiary/aromatic N) is 4. The monoisotopic (exact) mass is 470 g/mol. The number of halogens is 1. The Morgan fingerprint density at radius 1 is 0.939 bits per heavy atom. The molecular formula is C27H39ClN4O. The van der Waals surface area contributed by atoms with Gasteiger partial charge >= 0.3 is 0 Å². The van der Waals surface area contributed by atoms with Gasteiger partial charge in [0.15, 0.2) is 0 Å². The number of benzene rings is 1. The second-order valence-electron chi connectivity index (χ2n) is 9.06. The number of anilines is 1. The van der Waals surface area contributed by atoms with E-state index in [2.05, 4.69) is 30.9 Å². The Labute approximate surface area is 204 Å². The summed E-state index contributed by atoms with van der Waals surface area (Å²) in [5.41, 5.74) is 3.50. The van der Waals surface area contributed by atoms with E-state index in [9.17, 15) is 4.79 Å². The Balaban J connectivity index is 1.62. The van der Waals surface area contributed by atoms with E-state index >= 15 is 0 Å². The molecule has 33 heavy (non-hydrogen) atoms. The molecule has 0 N–H and O–H groups in total. The van der Waals surface area contributed by atoms with Crippen molar-refractivity contribution in [3.05, 3.63) is 51.9 Å². The summed E-state index contributed by atoms with van der Waals surface area (Å²) in [7, 11) is 0. The second-order valence-corrected chi connectivity index (χ2v) is 9.50. The summed E-state index contributed by atoms with van der Waals surface area (Å²) in [6, 6.07) is 8.02. The van der Waals surface area contributed by atoms with Crippen molar-refractivity contribution >= 4 is 23.3 Å². The van der Waals surface area contributed by atoms with Gasteiger partial charge in [-0.15, -0.1) is 0 Å². The zero-order chi connectivity index (χ0) is 23.6. The highest BCUT2D eigenvalue weighted by Gasteiger charge is 2.25. The van der Waals surface area contributed by atoms with E-state index in [0.29, 0.717) is 12.3 Å². The molecule has 0 unspecified atom stereocenters. The summed E-state index contributed by atoms with van der Waals surface area (Å²) in [4.78, 5) is 26.7. The Morgan fingerprint density at radius 2 is 1.61 bits per heavy atom. The van der Waals surface area contributed by atoms with Gasteiger partial charge in [0.05, 0.1) is 0 Å². The molecule has 2 heterocycles. The molecule has 1 fully saturated rings. The van der Waals surface area contributed by atoms with Crippen molar-refractivity contribution in [3.8, 4) is 0 Å². The van der Waals surface area contributed by atoms with Gasteiger partial charge in [0, 0.05) is 55.3 Å². The molecule has 1 amide bonds. The van der Waals surface area contributed by atoms with Crippen molar-refractivity contribution in [3.63, 3.8) is 0 Å². The molecule has 5 nitrogen and oxygen atoms in total. The predicted octanol–water partition coefficient (Wildman–Crippen LogP) is 5.99. The van der Waals surface area contributed by atoms with Gasteiger partial charge in [-0.2, -0.15) is 0 Å². The molecule has 0 spiro atoms. The standard InChI is InChI=1S/C27H39ClN4O/c1-4-6-7-8-9-10-11-26(33)31-16-18-32(19-17-31)27-24(25(5-2)29-21(3)30-27)20-22-12-14-23(28)15-13-22/h12-15H,4-11,16-20H2,1-3H3. The fraction of sp³-hybridized carbons (Fsp3) is 0.593. The molecule has 6 heteroatoms. The zero-order valence-electron chi connectivity index (χ0n) is 20.6. The lowest BCUT2D eigenvalue weighted by molar-refractivity contribution is -0.131. The first-order valence-corrected chi connectivity index (χ1v) is 13.0. The number of aryl methyl sites for hydroxylation is 2. The Hall–Kier alpha value is -2.14. The number of carbonyl (C=O) groups excluding carboxylic acids is 1. The van der Waals surface area contributed by atoms with Crippen molar-refractivity contribution in [2.75, 3.05) is 31.1 Å². The molecule has 3 rings (SSSR count). The Kier molecular flexibility index (Phi) is 9.98. The van der Waals surface area contributed by atoms with Gasteiger partial charge in [0.2, 0.25) is 5.91 Å². The molecule has 1 saturated heterocycles. The van der Waals surface area contributed by atoms with E-state index in [-0.39, 0.29) is 0 Å². The SMILES string of the molecule is CCCCCCCCC(=O)N1CCN(c2nc(C)nc(CC)c2Cc2ccc(Cl)cc2)CC1. The fourth-order valence-corrected chi connectivity index (χ4v) is 4.69. The van der Waals surface area contributed by atoms with Crippen molar-refractivity contribution in [1.29, 1.82) is 0 Å². The molecule has 0 radical (unpaired) electrons. The van der Waals surface area contributed by atoms with E-state index in [1.807, 2.05) is 24.0 Å². The highest BCUT2D eigenvalue weighted by molar-refractivity contribution is 6.30. The highest BCUT2D eigenvalue weighted by atomic mass is 35.5. The van der Waals surface area contributed by atoms with Crippen LogP contribution in [0.5, 0.6) is 0 Å². The van der Waals surface area contributed by atoms with Crippen LogP contribution in [-0.2, 0) is 17.6 Å². The van der Waals surface area contributed by atoms with Crippen LogP contribution < -0.4 is 4.90 Å². The molecule has 2 aromatic rings. The summed E-state index contributed by atoms with van der Waals surface area (Å²) in [5, 5.41) is 0.747. The summed E-state index contributed by atoms with van der Waals surface area (Å²) in [6.45, 7) is 9.50. The third-order valence-electron chi connectivity index (χ3n) is 6.49. The van der Waals surface area contributed by atoms with E-state index in [0.717, 1.165) is 67.8 Å². The topological polar surface area (TPSA) is 49.3 Å². The number of aromatic nitrogens is 2. The third-order valence-corrected chi connectivity index (χ3v) is 6.74. The first-order valence-electron chi connectivity index (χ1n) is 12.6. The summed E-state index contributed by atoms with van der Waals surface area (Å²) in [5.74, 6) is 2.14. The highest BCUT2D eigenvalue weighted by Crippen LogP contribution is 2.26. The van der Waals surface area contributed by atoms with E-state index in [1.165, 1.54) is 43.2 Å². The molecule has 1 aromatic carbocycles. The number of rotatable bonds is 11. The average Bonchev–Trinajstić information content (AvgIpc) is 2.83. The predicted molar refractivity (Wildman–Crippen MR) is 137 cm³/mol. The minimum Gasteiger partial charge on any atom is -0.353 e. The van der Waals surface area contributed by atoms with Gasteiger partial charge in [0.1, 0.15) is 11.6 Å². The molecule has 0 saturated carbocycles. The van der Waals surface area contributed by atoms with Crippen molar-refractivity contribution in [2.24, 2.45) is 0 Å². The van der Waals surface area contributed by atoms with Gasteiger partial charge in [0.25, 0.3) is 0 Å². The maximum atomic E-state index is 12.7. The maximum Gasteiger partial charge on any atom is 0.222 e. The van der Waals surface area contributed by atoms with Gasteiger partial charge < -0.3 is 9.80 Å². The van der Waals surface area contributed by atoms with Gasteiger partial charge in [-0.25, -0.2) is 9.97 Å². The molecule has 0 bridgehead atoms. The summed E-state index contributed by atoms with van der Waals surface area (Å²) >= 11 is 6.08. The number of hydrogen-bond donors (Lipinski definition) is 0. The number of unbranched alkanes of at least 4 members (excludes halogenated alkanes) is 5. The molecule has 1 aromatic heterocycles. The van der Waals surface area contributed by atoms with Crippen LogP contribution in [0.4, 0.5) is 5.82 Å². The van der Waals surface area contributed by atoms with Gasteiger partial charge in [-0.3, -0.25) is 4.79 Å². The molecule has 0 atom stereocenters. The van der Waals surface area contributed by atoms with E-state index < -0.39 is 0 Å². The molecule has 1 aliphatic heterocycles. The molecule has 1 aliphatic rings. The largest absolute Gasteiger partial charge is 0.353 e. The summed E-state index contributed by atoms with van der Waals surface area (Å²) in [6.07, 6.45) is 9.62. The third kappa shape index (κ3) is 7.43. The van der Waals surface area contributed by atoms with Crippen LogP contribution in [0.1, 0.15) is 81.4 Å². The van der Waals surface area contributed by atoms with Crippen LogP contribution in [0.25, 0.3) is 0 Å². The van der Waals surface area contributed by atoms with E-state index in [4.69, 9.17) is 21.6 Å². The van der Waals surface area contributed by atoms with Crippen LogP contribution in [-0.4, -0.2) is 47.0 Å². The smallest absolute Gasteiger partial charge is 0.222 e. The van der Waals surface area contributed by atoms with Crippen LogP contribution in [0.2, 0.25) is 5.02 Å². The van der Waals surface area contributed by atoms with Crippen molar-refractivity contribution in [2.45, 2.75) is 78.6 Å². The Bertz CT molecular complexity index is 892. The first-order chi connectivity index (χ1) is 16.0. The number of amides is 1. The minimum atomic E-state index is 0.305. The Morgan fingerprint density at radius 3 is 2.27 bits per heavy atom. The number of piperazine rings is 1. The molecular weight excluding hydrogens is 432 g/mol. The van der Waals surface area contributed by atoms with Crippen LogP contribution >= 0.6 is 11.6 Å². The maximum absolute atomic E-state index is 12.7. The fourth-order valence-electron chi connectivity index (χ4n) is 4.56. The second kappa shape index (κ2) is 12.9. The van der Waals surface area contributed by atoms with Gasteiger partial charge in [-0.05, 0) is 37.5 Å². The molecule has 0 aliphatic carbocycles. The van der Waals surface area contributed by atoms with Crippen molar-refractivity contribution in [1.82, 2.24) is 14.9 Å². The van der Waals surface area contributed by atoms with Crippen LogP contribution in [0.15, 0.2) is 24.3 Å². The van der Waals surface area contributed by atoms with Crippen LogP contribution in [0, 0.1) is 6.92 Å².